The molecule has 2 rings (SSSR count). The first-order valence-electron chi connectivity index (χ1n) is 5.25. The molecule has 0 saturated carbocycles. The molecule has 0 fully saturated rings. The molecule has 0 aliphatic carbocycles. The van der Waals surface area contributed by atoms with Crippen molar-refractivity contribution in [2.45, 2.75) is 19.4 Å². The van der Waals surface area contributed by atoms with E-state index in [0.717, 1.165) is 14.2 Å². The number of aryl methyl sites for hydroxylation is 1. The molecule has 0 aliphatic heterocycles. The Bertz CT molecular complexity index is 524. The third-order valence-corrected chi connectivity index (χ3v) is 4.23. The van der Waals surface area contributed by atoms with Gasteiger partial charge >= 0.3 is 0 Å². The van der Waals surface area contributed by atoms with Crippen molar-refractivity contribution in [3.63, 3.8) is 0 Å². The summed E-state index contributed by atoms with van der Waals surface area (Å²) in [6.07, 6.45) is -0.356. The highest BCUT2D eigenvalue weighted by molar-refractivity contribution is 9.11. The lowest BCUT2D eigenvalue weighted by atomic mass is 10.0. The topological polar surface area (TPSA) is 20.2 Å². The number of halogens is 2. The van der Waals surface area contributed by atoms with Crippen molar-refractivity contribution in [2.75, 3.05) is 0 Å². The van der Waals surface area contributed by atoms with Gasteiger partial charge in [-0.3, -0.25) is 0 Å². The highest BCUT2D eigenvalue weighted by Crippen LogP contribution is 2.32. The minimum Gasteiger partial charge on any atom is -0.388 e. The molecule has 1 unspecified atom stereocenters. The van der Waals surface area contributed by atoms with Crippen molar-refractivity contribution in [1.29, 1.82) is 0 Å². The molecule has 0 aliphatic rings. The van der Waals surface area contributed by atoms with E-state index in [0.29, 0.717) is 12.0 Å². The highest BCUT2D eigenvalue weighted by Gasteiger charge is 2.15. The second kappa shape index (κ2) is 5.29. The number of rotatable bonds is 3. The second-order valence-corrected chi connectivity index (χ2v) is 6.51. The maximum atomic E-state index is 13.5. The Hall–Kier alpha value is -0.710. The van der Waals surface area contributed by atoms with Crippen LogP contribution in [0, 0.1) is 12.7 Å². The lowest BCUT2D eigenvalue weighted by Gasteiger charge is -2.11. The molecular weight excluding hydrogens is 303 g/mol. The van der Waals surface area contributed by atoms with E-state index in [1.54, 1.807) is 29.5 Å². The van der Waals surface area contributed by atoms with Gasteiger partial charge in [-0.2, -0.15) is 0 Å². The molecule has 0 spiro atoms. The summed E-state index contributed by atoms with van der Waals surface area (Å²) >= 11 is 4.96. The first-order valence-corrected chi connectivity index (χ1v) is 6.86. The summed E-state index contributed by atoms with van der Waals surface area (Å²) in [7, 11) is 0. The van der Waals surface area contributed by atoms with Crippen LogP contribution in [0.5, 0.6) is 0 Å². The molecule has 90 valence electrons. The fourth-order valence-electron chi connectivity index (χ4n) is 1.77. The Morgan fingerprint density at radius 3 is 2.71 bits per heavy atom. The zero-order valence-electron chi connectivity index (χ0n) is 9.28. The summed E-state index contributed by atoms with van der Waals surface area (Å²) in [5, 5.41) is 10.1. The van der Waals surface area contributed by atoms with Crippen LogP contribution in [0.15, 0.2) is 34.1 Å². The van der Waals surface area contributed by atoms with E-state index in [9.17, 15) is 9.50 Å². The third-order valence-electron chi connectivity index (χ3n) is 2.66. The average molecular weight is 315 g/mol. The van der Waals surface area contributed by atoms with Gasteiger partial charge in [0.25, 0.3) is 0 Å². The first kappa shape index (κ1) is 12.7. The molecular formula is C13H12BrFOS. The Morgan fingerprint density at radius 1 is 1.41 bits per heavy atom. The molecule has 1 N–H and O–H groups in total. The van der Waals surface area contributed by atoms with Gasteiger partial charge in [0.1, 0.15) is 5.82 Å². The molecule has 1 heterocycles. The summed E-state index contributed by atoms with van der Waals surface area (Å²) in [6.45, 7) is 1.95. The van der Waals surface area contributed by atoms with E-state index in [1.807, 2.05) is 13.0 Å². The van der Waals surface area contributed by atoms with Crippen LogP contribution < -0.4 is 0 Å². The summed E-state index contributed by atoms with van der Waals surface area (Å²) in [5.41, 5.74) is 1.41. The second-order valence-electron chi connectivity index (χ2n) is 3.87. The van der Waals surface area contributed by atoms with Crippen molar-refractivity contribution in [1.82, 2.24) is 0 Å². The van der Waals surface area contributed by atoms with Crippen LogP contribution in [-0.2, 0) is 6.42 Å². The molecule has 4 heteroatoms. The predicted molar refractivity (Wildman–Crippen MR) is 71.8 cm³/mol. The van der Waals surface area contributed by atoms with Gasteiger partial charge in [-0.05, 0) is 46.1 Å². The zero-order valence-corrected chi connectivity index (χ0v) is 11.7. The van der Waals surface area contributed by atoms with Crippen molar-refractivity contribution >= 4 is 27.3 Å². The van der Waals surface area contributed by atoms with Gasteiger partial charge in [-0.15, -0.1) is 11.3 Å². The van der Waals surface area contributed by atoms with E-state index < -0.39 is 6.10 Å². The van der Waals surface area contributed by atoms with Crippen LogP contribution >= 0.6 is 27.3 Å². The third kappa shape index (κ3) is 2.94. The normalized spacial score (nSPS) is 12.7. The molecule has 0 amide bonds. The summed E-state index contributed by atoms with van der Waals surface area (Å²) in [6, 6.07) is 8.44. The summed E-state index contributed by atoms with van der Waals surface area (Å²) in [5.74, 6) is -0.265. The summed E-state index contributed by atoms with van der Waals surface area (Å²) < 4.78 is 14.4. The molecule has 0 bridgehead atoms. The zero-order chi connectivity index (χ0) is 12.4. The number of thiophene rings is 1. The molecule has 1 aromatic heterocycles. The van der Waals surface area contributed by atoms with Crippen LogP contribution in [0.25, 0.3) is 0 Å². The molecule has 0 saturated heterocycles. The monoisotopic (exact) mass is 314 g/mol. The van der Waals surface area contributed by atoms with Gasteiger partial charge in [-0.1, -0.05) is 18.2 Å². The molecule has 17 heavy (non-hydrogen) atoms. The average Bonchev–Trinajstić information content (AvgIpc) is 2.61. The molecule has 1 aromatic carbocycles. The number of aliphatic hydroxyl groups excluding tert-OH is 1. The van der Waals surface area contributed by atoms with Crippen LogP contribution in [-0.4, -0.2) is 5.11 Å². The van der Waals surface area contributed by atoms with E-state index >= 15 is 0 Å². The number of hydrogen-bond acceptors (Lipinski definition) is 2. The predicted octanol–water partition coefficient (Wildman–Crippen LogP) is 4.23. The Balaban J connectivity index is 2.20. The van der Waals surface area contributed by atoms with Crippen molar-refractivity contribution in [2.24, 2.45) is 0 Å². The smallest absolute Gasteiger partial charge is 0.126 e. The van der Waals surface area contributed by atoms with Crippen LogP contribution in [0.4, 0.5) is 4.39 Å². The Morgan fingerprint density at radius 2 is 2.12 bits per heavy atom. The van der Waals surface area contributed by atoms with E-state index in [-0.39, 0.29) is 5.82 Å². The van der Waals surface area contributed by atoms with Gasteiger partial charge in [0.2, 0.25) is 0 Å². The highest BCUT2D eigenvalue weighted by atomic mass is 79.9. The Labute approximate surface area is 112 Å². The number of aliphatic hydroxyl groups is 1. The standard InChI is InChI=1S/C13H12BrFOS/c1-8-10(7-13(14)17-8)12(16)6-9-4-2-3-5-11(9)15/h2-5,7,12,16H,6H2,1H3. The van der Waals surface area contributed by atoms with Gasteiger partial charge in [0.15, 0.2) is 0 Å². The SMILES string of the molecule is Cc1sc(Br)cc1C(O)Cc1ccccc1F. The van der Waals surface area contributed by atoms with Gasteiger partial charge < -0.3 is 5.11 Å². The van der Waals surface area contributed by atoms with Crippen LogP contribution in [0.2, 0.25) is 0 Å². The maximum absolute atomic E-state index is 13.5. The lowest BCUT2D eigenvalue weighted by molar-refractivity contribution is 0.177. The van der Waals surface area contributed by atoms with Crippen molar-refractivity contribution in [3.8, 4) is 0 Å². The van der Waals surface area contributed by atoms with Crippen LogP contribution in [0.1, 0.15) is 22.1 Å². The van der Waals surface area contributed by atoms with Gasteiger partial charge in [0.05, 0.1) is 9.89 Å². The minimum absolute atomic E-state index is 0.265. The Kier molecular flexibility index (Phi) is 3.97. The van der Waals surface area contributed by atoms with Crippen LogP contribution in [0.3, 0.4) is 0 Å². The first-order chi connectivity index (χ1) is 8.08. The minimum atomic E-state index is -0.658. The van der Waals surface area contributed by atoms with Gasteiger partial charge in [0, 0.05) is 11.3 Å². The summed E-state index contributed by atoms with van der Waals surface area (Å²) in [4.78, 5) is 1.06. The number of hydrogen-bond donors (Lipinski definition) is 1. The van der Waals surface area contributed by atoms with E-state index in [2.05, 4.69) is 15.9 Å². The number of benzene rings is 1. The molecule has 0 radical (unpaired) electrons. The van der Waals surface area contributed by atoms with Crippen molar-refractivity contribution < 1.29 is 9.50 Å². The lowest BCUT2D eigenvalue weighted by Crippen LogP contribution is -2.03. The quantitative estimate of drug-likeness (QED) is 0.898. The molecule has 2 aromatic rings. The van der Waals surface area contributed by atoms with E-state index in [1.165, 1.54) is 6.07 Å². The van der Waals surface area contributed by atoms with Gasteiger partial charge in [-0.25, -0.2) is 4.39 Å². The van der Waals surface area contributed by atoms with Crippen molar-refractivity contribution in [3.05, 3.63) is 55.9 Å². The van der Waals surface area contributed by atoms with E-state index in [4.69, 9.17) is 0 Å². The fraction of sp³-hybridized carbons (Fsp3) is 0.231. The molecule has 1 nitrogen and oxygen atoms in total. The largest absolute Gasteiger partial charge is 0.388 e. The maximum Gasteiger partial charge on any atom is 0.126 e. The fourth-order valence-corrected chi connectivity index (χ4v) is 3.54. The molecule has 1 atom stereocenters.